The van der Waals surface area contributed by atoms with Crippen molar-refractivity contribution >= 4 is 21.5 Å². The first kappa shape index (κ1) is 29.5. The third-order valence-electron chi connectivity index (χ3n) is 9.61. The van der Waals surface area contributed by atoms with E-state index >= 15 is 0 Å². The predicted molar refractivity (Wildman–Crippen MR) is 210 cm³/mol. The molecule has 9 aromatic rings. The molecule has 2 heterocycles. The molecule has 0 spiro atoms. The lowest BCUT2D eigenvalue weighted by molar-refractivity contribution is 1.25. The van der Waals surface area contributed by atoms with E-state index < -0.39 is 0 Å². The fourth-order valence-corrected chi connectivity index (χ4v) is 7.31. The number of rotatable bonds is 6. The zero-order valence-corrected chi connectivity index (χ0v) is 27.4. The number of pyridine rings is 2. The Morgan fingerprint density at radius 3 is 1.32 bits per heavy atom. The van der Waals surface area contributed by atoms with Crippen molar-refractivity contribution in [2.24, 2.45) is 0 Å². The Hall–Kier alpha value is -6.64. The molecule has 2 aromatic heterocycles. The summed E-state index contributed by atoms with van der Waals surface area (Å²) in [5, 5.41) is 4.88. The van der Waals surface area contributed by atoms with Crippen LogP contribution in [0.15, 0.2) is 194 Å². The molecule has 0 radical (unpaired) electrons. The highest BCUT2D eigenvalue weighted by atomic mass is 14.8. The number of aromatic nitrogens is 2. The topological polar surface area (TPSA) is 25.8 Å². The summed E-state index contributed by atoms with van der Waals surface area (Å²) in [5.74, 6) is 0. The van der Waals surface area contributed by atoms with Gasteiger partial charge in [-0.3, -0.25) is 9.97 Å². The van der Waals surface area contributed by atoms with Gasteiger partial charge in [0.05, 0.1) is 11.4 Å². The standard InChI is InChI=1S/C48H32N2/c1-3-15-33(16-4-1)37-19-7-9-21-39(37)47-41-23-11-12-24-42(41)48(40-22-10-8-20-38(40)34-17-5-2-6-18-34)44-31-35(26-28-43(44)47)36-27-29-46(50-32-36)45-25-13-14-30-49-45/h1-32H. The summed E-state index contributed by atoms with van der Waals surface area (Å²) in [5.41, 5.74) is 13.6. The number of fused-ring (bicyclic) bond motifs is 2. The predicted octanol–water partition coefficient (Wildman–Crippen LogP) is 12.8. The molecule has 0 unspecified atom stereocenters. The van der Waals surface area contributed by atoms with Crippen molar-refractivity contribution in [3.8, 4) is 67.0 Å². The van der Waals surface area contributed by atoms with Crippen LogP contribution in [-0.4, -0.2) is 9.97 Å². The van der Waals surface area contributed by atoms with Gasteiger partial charge in [-0.2, -0.15) is 0 Å². The van der Waals surface area contributed by atoms with Crippen molar-refractivity contribution in [3.63, 3.8) is 0 Å². The molecule has 0 amide bonds. The molecular weight excluding hydrogens is 605 g/mol. The van der Waals surface area contributed by atoms with Crippen molar-refractivity contribution in [2.75, 3.05) is 0 Å². The molecular formula is C48H32N2. The second kappa shape index (κ2) is 12.8. The molecule has 0 aliphatic rings. The van der Waals surface area contributed by atoms with Crippen molar-refractivity contribution < 1.29 is 0 Å². The van der Waals surface area contributed by atoms with Crippen LogP contribution in [0.3, 0.4) is 0 Å². The lowest BCUT2D eigenvalue weighted by Gasteiger charge is -2.21. The highest BCUT2D eigenvalue weighted by Gasteiger charge is 2.21. The van der Waals surface area contributed by atoms with E-state index in [-0.39, 0.29) is 0 Å². The molecule has 0 saturated heterocycles. The molecule has 0 fully saturated rings. The van der Waals surface area contributed by atoms with Crippen LogP contribution in [-0.2, 0) is 0 Å². The monoisotopic (exact) mass is 636 g/mol. The molecule has 0 bridgehead atoms. The molecule has 2 heteroatoms. The van der Waals surface area contributed by atoms with Gasteiger partial charge in [0.1, 0.15) is 0 Å². The van der Waals surface area contributed by atoms with Gasteiger partial charge in [0.15, 0.2) is 0 Å². The van der Waals surface area contributed by atoms with E-state index in [0.717, 1.165) is 22.5 Å². The SMILES string of the molecule is c1ccc(-c2ccccc2-c2c3ccccc3c(-c3ccccc3-c3ccccc3)c3cc(-c4ccc(-c5ccccn5)nc4)ccc23)cc1. The lowest BCUT2D eigenvalue weighted by Crippen LogP contribution is -1.95. The average Bonchev–Trinajstić information content (AvgIpc) is 3.21. The first-order valence-corrected chi connectivity index (χ1v) is 17.0. The van der Waals surface area contributed by atoms with Crippen LogP contribution in [0, 0.1) is 0 Å². The molecule has 0 saturated carbocycles. The molecule has 0 N–H and O–H groups in total. The molecule has 7 aromatic carbocycles. The first-order chi connectivity index (χ1) is 24.8. The van der Waals surface area contributed by atoms with Gasteiger partial charge >= 0.3 is 0 Å². The van der Waals surface area contributed by atoms with E-state index in [2.05, 4.69) is 169 Å². The summed E-state index contributed by atoms with van der Waals surface area (Å²) in [6, 6.07) is 65.0. The second-order valence-electron chi connectivity index (χ2n) is 12.5. The summed E-state index contributed by atoms with van der Waals surface area (Å²) >= 11 is 0. The van der Waals surface area contributed by atoms with E-state index in [1.54, 1.807) is 6.20 Å². The third-order valence-corrected chi connectivity index (χ3v) is 9.61. The maximum absolute atomic E-state index is 4.84. The van der Waals surface area contributed by atoms with E-state index in [9.17, 15) is 0 Å². The lowest BCUT2D eigenvalue weighted by atomic mass is 9.81. The van der Waals surface area contributed by atoms with Crippen LogP contribution < -0.4 is 0 Å². The molecule has 9 rings (SSSR count). The fourth-order valence-electron chi connectivity index (χ4n) is 7.31. The maximum atomic E-state index is 4.84. The summed E-state index contributed by atoms with van der Waals surface area (Å²) in [6.45, 7) is 0. The summed E-state index contributed by atoms with van der Waals surface area (Å²) in [6.07, 6.45) is 3.77. The Balaban J connectivity index is 1.36. The normalized spacial score (nSPS) is 11.2. The zero-order chi connectivity index (χ0) is 33.3. The molecule has 0 atom stereocenters. The Labute approximate surface area is 292 Å². The maximum Gasteiger partial charge on any atom is 0.0886 e. The Kier molecular flexibility index (Phi) is 7.53. The van der Waals surface area contributed by atoms with Gasteiger partial charge in [0.2, 0.25) is 0 Å². The molecule has 0 aliphatic carbocycles. The Morgan fingerprint density at radius 2 is 0.760 bits per heavy atom. The molecule has 234 valence electrons. The highest BCUT2D eigenvalue weighted by molar-refractivity contribution is 6.23. The van der Waals surface area contributed by atoms with E-state index in [1.165, 1.54) is 66.1 Å². The quantitative estimate of drug-likeness (QED) is 0.170. The Bertz CT molecular complexity index is 2610. The van der Waals surface area contributed by atoms with Crippen molar-refractivity contribution in [2.45, 2.75) is 0 Å². The summed E-state index contributed by atoms with van der Waals surface area (Å²) in [7, 11) is 0. The molecule has 50 heavy (non-hydrogen) atoms. The number of hydrogen-bond acceptors (Lipinski definition) is 2. The van der Waals surface area contributed by atoms with Gasteiger partial charge in [-0.15, -0.1) is 0 Å². The molecule has 2 nitrogen and oxygen atoms in total. The van der Waals surface area contributed by atoms with Gasteiger partial charge in [-0.25, -0.2) is 0 Å². The number of benzene rings is 7. The third kappa shape index (κ3) is 5.24. The minimum atomic E-state index is 0.860. The van der Waals surface area contributed by atoms with Gasteiger partial charge in [-0.05, 0) is 95.9 Å². The highest BCUT2D eigenvalue weighted by Crippen LogP contribution is 2.48. The van der Waals surface area contributed by atoms with Crippen LogP contribution >= 0.6 is 0 Å². The summed E-state index contributed by atoms with van der Waals surface area (Å²) in [4.78, 5) is 9.34. The second-order valence-corrected chi connectivity index (χ2v) is 12.5. The first-order valence-electron chi connectivity index (χ1n) is 17.0. The zero-order valence-electron chi connectivity index (χ0n) is 27.4. The largest absolute Gasteiger partial charge is 0.255 e. The smallest absolute Gasteiger partial charge is 0.0886 e. The van der Waals surface area contributed by atoms with Crippen LogP contribution in [0.2, 0.25) is 0 Å². The van der Waals surface area contributed by atoms with Gasteiger partial charge in [-0.1, -0.05) is 158 Å². The van der Waals surface area contributed by atoms with Gasteiger partial charge in [0.25, 0.3) is 0 Å². The van der Waals surface area contributed by atoms with E-state index in [4.69, 9.17) is 4.98 Å². The Morgan fingerprint density at radius 1 is 0.280 bits per heavy atom. The fraction of sp³-hybridized carbons (Fsp3) is 0. The molecule has 0 aliphatic heterocycles. The minimum absolute atomic E-state index is 0.860. The van der Waals surface area contributed by atoms with Crippen molar-refractivity contribution in [1.82, 2.24) is 9.97 Å². The average molecular weight is 637 g/mol. The van der Waals surface area contributed by atoms with E-state index in [0.29, 0.717) is 0 Å². The van der Waals surface area contributed by atoms with Gasteiger partial charge in [0, 0.05) is 18.0 Å². The van der Waals surface area contributed by atoms with E-state index in [1.807, 2.05) is 24.4 Å². The number of nitrogens with zero attached hydrogens (tertiary/aromatic N) is 2. The van der Waals surface area contributed by atoms with Crippen LogP contribution in [0.25, 0.3) is 88.6 Å². The van der Waals surface area contributed by atoms with Crippen molar-refractivity contribution in [1.29, 1.82) is 0 Å². The van der Waals surface area contributed by atoms with Crippen molar-refractivity contribution in [3.05, 3.63) is 194 Å². The van der Waals surface area contributed by atoms with Gasteiger partial charge < -0.3 is 0 Å². The van der Waals surface area contributed by atoms with Crippen LogP contribution in [0.5, 0.6) is 0 Å². The minimum Gasteiger partial charge on any atom is -0.255 e. The number of hydrogen-bond donors (Lipinski definition) is 0. The summed E-state index contributed by atoms with van der Waals surface area (Å²) < 4.78 is 0. The van der Waals surface area contributed by atoms with Crippen LogP contribution in [0.4, 0.5) is 0 Å². The van der Waals surface area contributed by atoms with Crippen LogP contribution in [0.1, 0.15) is 0 Å².